The molecule has 0 bridgehead atoms. The number of amidine groups is 1. The minimum atomic E-state index is -0.399. The van der Waals surface area contributed by atoms with Crippen LogP contribution in [0.2, 0.25) is 5.02 Å². The zero-order chi connectivity index (χ0) is 17.3. The van der Waals surface area contributed by atoms with E-state index in [9.17, 15) is 4.39 Å². The van der Waals surface area contributed by atoms with Gasteiger partial charge in [-0.1, -0.05) is 35.9 Å². The molecule has 5 heteroatoms. The fourth-order valence-electron chi connectivity index (χ4n) is 3.70. The molecule has 1 N–H and O–H groups in total. The van der Waals surface area contributed by atoms with E-state index in [1.165, 1.54) is 11.6 Å². The molecule has 1 spiro atoms. The van der Waals surface area contributed by atoms with Gasteiger partial charge >= 0.3 is 0 Å². The van der Waals surface area contributed by atoms with Gasteiger partial charge in [0.2, 0.25) is 0 Å². The average molecular weight is 359 g/mol. The lowest BCUT2D eigenvalue weighted by Crippen LogP contribution is -2.45. The molecule has 0 atom stereocenters. The summed E-state index contributed by atoms with van der Waals surface area (Å²) < 4.78 is 18.9. The van der Waals surface area contributed by atoms with Crippen LogP contribution in [0.25, 0.3) is 0 Å². The number of anilines is 1. The highest BCUT2D eigenvalue weighted by atomic mass is 35.5. The van der Waals surface area contributed by atoms with Gasteiger partial charge in [0, 0.05) is 24.3 Å². The second-order valence-electron chi connectivity index (χ2n) is 6.76. The van der Waals surface area contributed by atoms with E-state index in [0.29, 0.717) is 6.54 Å². The molecular formula is C20H20ClFN2O. The van der Waals surface area contributed by atoms with Crippen LogP contribution in [0.4, 0.5) is 10.1 Å². The van der Waals surface area contributed by atoms with E-state index >= 15 is 0 Å². The van der Waals surface area contributed by atoms with Crippen LogP contribution in [0, 0.1) is 11.2 Å². The topological polar surface area (TPSA) is 33.6 Å². The molecule has 3 nitrogen and oxygen atoms in total. The van der Waals surface area contributed by atoms with Crippen molar-refractivity contribution in [1.29, 1.82) is 0 Å². The summed E-state index contributed by atoms with van der Waals surface area (Å²) in [6.07, 6.45) is 2.89. The quantitative estimate of drug-likeness (QED) is 0.833. The van der Waals surface area contributed by atoms with Gasteiger partial charge < -0.3 is 10.1 Å². The molecule has 0 unspecified atom stereocenters. The number of ether oxygens (including phenoxy) is 1. The summed E-state index contributed by atoms with van der Waals surface area (Å²) >= 11 is 5.89. The molecule has 0 aliphatic carbocycles. The Bertz CT molecular complexity index is 815. The first kappa shape index (κ1) is 16.6. The Morgan fingerprint density at radius 2 is 1.96 bits per heavy atom. The van der Waals surface area contributed by atoms with Crippen molar-refractivity contribution in [3.05, 3.63) is 64.4 Å². The smallest absolute Gasteiger partial charge is 0.141 e. The molecule has 2 aliphatic heterocycles. The lowest BCUT2D eigenvalue weighted by molar-refractivity contribution is 0.0448. The van der Waals surface area contributed by atoms with Crippen molar-refractivity contribution in [3.63, 3.8) is 0 Å². The summed E-state index contributed by atoms with van der Waals surface area (Å²) in [5.41, 5.74) is 3.35. The van der Waals surface area contributed by atoms with E-state index in [1.54, 1.807) is 12.1 Å². The lowest BCUT2D eigenvalue weighted by Gasteiger charge is -2.42. The Kier molecular flexibility index (Phi) is 4.48. The third kappa shape index (κ3) is 3.29. The van der Waals surface area contributed by atoms with Crippen LogP contribution in [0.3, 0.4) is 0 Å². The van der Waals surface area contributed by atoms with Gasteiger partial charge in [-0.2, -0.15) is 0 Å². The maximum absolute atomic E-state index is 13.4. The number of benzene rings is 2. The molecule has 0 saturated carbocycles. The molecule has 130 valence electrons. The lowest BCUT2D eigenvalue weighted by atomic mass is 9.71. The largest absolute Gasteiger partial charge is 0.381 e. The zero-order valence-electron chi connectivity index (χ0n) is 13.9. The average Bonchev–Trinajstić information content (AvgIpc) is 2.63. The van der Waals surface area contributed by atoms with Gasteiger partial charge in [0.25, 0.3) is 0 Å². The van der Waals surface area contributed by atoms with Crippen LogP contribution in [0.15, 0.2) is 47.5 Å². The van der Waals surface area contributed by atoms with Crippen molar-refractivity contribution in [2.45, 2.75) is 25.8 Å². The van der Waals surface area contributed by atoms with E-state index in [-0.39, 0.29) is 10.4 Å². The molecule has 0 radical (unpaired) electrons. The van der Waals surface area contributed by atoms with Gasteiger partial charge in [-0.15, -0.1) is 0 Å². The van der Waals surface area contributed by atoms with Crippen LogP contribution < -0.4 is 5.32 Å². The van der Waals surface area contributed by atoms with Crippen LogP contribution in [0.1, 0.15) is 24.0 Å². The van der Waals surface area contributed by atoms with Crippen molar-refractivity contribution in [2.75, 3.05) is 18.5 Å². The number of aliphatic imine (C=N–C) groups is 1. The Balaban J connectivity index is 1.66. The summed E-state index contributed by atoms with van der Waals surface area (Å²) in [5.74, 6) is 0.610. The van der Waals surface area contributed by atoms with Gasteiger partial charge in [-0.05, 0) is 48.6 Å². The maximum atomic E-state index is 13.4. The second kappa shape index (κ2) is 6.77. The number of nitrogens with one attached hydrogen (secondary N) is 1. The summed E-state index contributed by atoms with van der Waals surface area (Å²) in [4.78, 5) is 4.87. The van der Waals surface area contributed by atoms with Crippen molar-refractivity contribution in [2.24, 2.45) is 10.4 Å². The first-order valence-electron chi connectivity index (χ1n) is 8.58. The third-order valence-electron chi connectivity index (χ3n) is 5.16. The Hall–Kier alpha value is -1.91. The molecular weight excluding hydrogens is 339 g/mol. The molecule has 1 saturated heterocycles. The number of halogens is 2. The van der Waals surface area contributed by atoms with Crippen molar-refractivity contribution < 1.29 is 9.13 Å². The SMILES string of the molecule is Fc1ccc(CN=C2Nc3ccccc3CC23CCOCC3)cc1Cl. The Labute approximate surface area is 151 Å². The van der Waals surface area contributed by atoms with E-state index < -0.39 is 5.82 Å². The summed E-state index contributed by atoms with van der Waals surface area (Å²) in [7, 11) is 0. The van der Waals surface area contributed by atoms with E-state index in [2.05, 4.69) is 23.5 Å². The molecule has 0 aromatic heterocycles. The maximum Gasteiger partial charge on any atom is 0.141 e. The molecule has 2 aromatic rings. The predicted octanol–water partition coefficient (Wildman–Crippen LogP) is 4.84. The number of fused-ring (bicyclic) bond motifs is 1. The molecule has 2 aromatic carbocycles. The number of rotatable bonds is 2. The molecule has 2 aliphatic rings. The number of hydrogen-bond donors (Lipinski definition) is 1. The zero-order valence-corrected chi connectivity index (χ0v) is 14.7. The number of para-hydroxylation sites is 1. The van der Waals surface area contributed by atoms with Gasteiger partial charge in [0.05, 0.1) is 11.6 Å². The summed E-state index contributed by atoms with van der Waals surface area (Å²) in [6.45, 7) is 1.99. The van der Waals surface area contributed by atoms with Crippen molar-refractivity contribution in [1.82, 2.24) is 0 Å². The first-order chi connectivity index (χ1) is 12.2. The highest BCUT2D eigenvalue weighted by Gasteiger charge is 2.41. The fourth-order valence-corrected chi connectivity index (χ4v) is 3.90. The van der Waals surface area contributed by atoms with E-state index in [0.717, 1.165) is 49.6 Å². The van der Waals surface area contributed by atoms with Crippen molar-refractivity contribution >= 4 is 23.1 Å². The molecule has 2 heterocycles. The predicted molar refractivity (Wildman–Crippen MR) is 98.8 cm³/mol. The van der Waals surface area contributed by atoms with Gasteiger partial charge in [0.1, 0.15) is 11.7 Å². The van der Waals surface area contributed by atoms with Crippen LogP contribution in [-0.4, -0.2) is 19.0 Å². The Morgan fingerprint density at radius 3 is 2.76 bits per heavy atom. The van der Waals surface area contributed by atoms with E-state index in [1.807, 2.05) is 6.07 Å². The Morgan fingerprint density at radius 1 is 1.16 bits per heavy atom. The van der Waals surface area contributed by atoms with Crippen LogP contribution >= 0.6 is 11.6 Å². The molecule has 25 heavy (non-hydrogen) atoms. The number of nitrogens with zero attached hydrogens (tertiary/aromatic N) is 1. The first-order valence-corrected chi connectivity index (χ1v) is 8.96. The fraction of sp³-hybridized carbons (Fsp3) is 0.350. The third-order valence-corrected chi connectivity index (χ3v) is 5.44. The monoisotopic (exact) mass is 358 g/mol. The second-order valence-corrected chi connectivity index (χ2v) is 7.17. The number of hydrogen-bond acceptors (Lipinski definition) is 2. The molecule has 0 amide bonds. The minimum absolute atomic E-state index is 0.00354. The van der Waals surface area contributed by atoms with Crippen LogP contribution in [-0.2, 0) is 17.7 Å². The minimum Gasteiger partial charge on any atom is -0.381 e. The van der Waals surface area contributed by atoms with Crippen LogP contribution in [0.5, 0.6) is 0 Å². The van der Waals surface area contributed by atoms with Gasteiger partial charge in [-0.3, -0.25) is 4.99 Å². The summed E-state index contributed by atoms with van der Waals surface area (Å²) in [6, 6.07) is 13.2. The highest BCUT2D eigenvalue weighted by Crippen LogP contribution is 2.41. The van der Waals surface area contributed by atoms with E-state index in [4.69, 9.17) is 21.3 Å². The standard InChI is InChI=1S/C20H20ClFN2O/c21-16-11-14(5-6-17(16)22)13-23-19-20(7-9-25-10-8-20)12-15-3-1-2-4-18(15)24-19/h1-6,11H,7-10,12-13H2,(H,23,24). The van der Waals surface area contributed by atoms with Gasteiger partial charge in [-0.25, -0.2) is 4.39 Å². The molecule has 4 rings (SSSR count). The summed E-state index contributed by atoms with van der Waals surface area (Å²) in [5, 5.41) is 3.68. The molecule has 1 fully saturated rings. The van der Waals surface area contributed by atoms with Crippen molar-refractivity contribution in [3.8, 4) is 0 Å². The highest BCUT2D eigenvalue weighted by molar-refractivity contribution is 6.30. The van der Waals surface area contributed by atoms with Gasteiger partial charge in [0.15, 0.2) is 0 Å². The normalized spacial score (nSPS) is 20.3.